The molecule has 8 heteroatoms. The van der Waals surface area contributed by atoms with Crippen LogP contribution in [0.15, 0.2) is 42.5 Å². The zero-order chi connectivity index (χ0) is 17.7. The molecule has 0 fully saturated rings. The first-order chi connectivity index (χ1) is 11.4. The topological polar surface area (TPSA) is 66.8 Å². The van der Waals surface area contributed by atoms with Crippen LogP contribution < -0.4 is 0 Å². The van der Waals surface area contributed by atoms with Gasteiger partial charge < -0.3 is 4.74 Å². The molecule has 5 nitrogen and oxygen atoms in total. The molecule has 0 aromatic heterocycles. The highest BCUT2D eigenvalue weighted by Gasteiger charge is 2.17. The molecule has 0 amide bonds. The molecule has 1 unspecified atom stereocenters. The molecule has 0 aliphatic rings. The zero-order valence-corrected chi connectivity index (χ0v) is 13.6. The van der Waals surface area contributed by atoms with Crippen LogP contribution in [-0.2, 0) is 29.1 Å². The molecule has 0 spiro atoms. The predicted molar refractivity (Wildman–Crippen MR) is 84.2 cm³/mol. The zero-order valence-electron chi connectivity index (χ0n) is 12.7. The number of halogens is 2. The maximum absolute atomic E-state index is 14.1. The molecule has 0 heterocycles. The smallest absolute Gasteiger partial charge is 0.337 e. The Hall–Kier alpha value is -2.16. The fourth-order valence-corrected chi connectivity index (χ4v) is 2.62. The number of ether oxygens (including phenoxy) is 1. The monoisotopic (exact) mass is 355 g/mol. The molecule has 0 aliphatic heterocycles. The quantitative estimate of drug-likeness (QED) is 0.639. The van der Waals surface area contributed by atoms with Gasteiger partial charge in [-0.05, 0) is 29.8 Å². The first kappa shape index (κ1) is 18.2. The lowest BCUT2D eigenvalue weighted by atomic mass is 10.1. The van der Waals surface area contributed by atoms with Crippen molar-refractivity contribution >= 4 is 17.2 Å². The molecule has 1 atom stereocenters. The Morgan fingerprint density at radius 3 is 2.54 bits per heavy atom. The number of carbonyl (C=O) groups excluding carboxylic acids is 1. The second-order valence-corrected chi connectivity index (χ2v) is 5.93. The summed E-state index contributed by atoms with van der Waals surface area (Å²) in [5.41, 5.74) is 0.644. The highest BCUT2D eigenvalue weighted by Crippen LogP contribution is 2.17. The van der Waals surface area contributed by atoms with Gasteiger partial charge in [-0.1, -0.05) is 18.2 Å². The van der Waals surface area contributed by atoms with E-state index in [1.54, 1.807) is 6.07 Å². The average molecular weight is 355 g/mol. The van der Waals surface area contributed by atoms with Crippen molar-refractivity contribution in [2.24, 2.45) is 0 Å². The predicted octanol–water partition coefficient (Wildman–Crippen LogP) is 2.89. The Morgan fingerprint density at radius 1 is 1.21 bits per heavy atom. The van der Waals surface area contributed by atoms with Crippen molar-refractivity contribution in [1.82, 2.24) is 4.31 Å². The van der Waals surface area contributed by atoms with E-state index in [2.05, 4.69) is 4.74 Å². The number of benzene rings is 2. The Bertz CT molecular complexity index is 769. The summed E-state index contributed by atoms with van der Waals surface area (Å²) in [6.45, 7) is -0.230. The van der Waals surface area contributed by atoms with E-state index in [9.17, 15) is 22.3 Å². The van der Waals surface area contributed by atoms with Gasteiger partial charge >= 0.3 is 5.97 Å². The van der Waals surface area contributed by atoms with Gasteiger partial charge in [0.1, 0.15) is 11.6 Å². The van der Waals surface area contributed by atoms with E-state index in [4.69, 9.17) is 0 Å². The largest absolute Gasteiger partial charge is 0.465 e. The minimum absolute atomic E-state index is 0.0422. The van der Waals surface area contributed by atoms with E-state index in [0.29, 0.717) is 5.56 Å². The summed E-state index contributed by atoms with van der Waals surface area (Å²) in [7, 11) is 1.18. The maximum Gasteiger partial charge on any atom is 0.337 e. The van der Waals surface area contributed by atoms with Gasteiger partial charge in [0, 0.05) is 18.7 Å². The Morgan fingerprint density at radius 2 is 1.96 bits per heavy atom. The molecule has 2 aromatic rings. The second kappa shape index (κ2) is 8.09. The Balaban J connectivity index is 2.19. The third-order valence-corrected chi connectivity index (χ3v) is 3.99. The van der Waals surface area contributed by atoms with Crippen LogP contribution in [-0.4, -0.2) is 26.1 Å². The highest BCUT2D eigenvalue weighted by molar-refractivity contribution is 7.76. The van der Waals surface area contributed by atoms with Crippen LogP contribution in [0.25, 0.3) is 0 Å². The van der Waals surface area contributed by atoms with Gasteiger partial charge in [-0.3, -0.25) is 4.55 Å². The number of carbonyl (C=O) groups is 1. The van der Waals surface area contributed by atoms with Gasteiger partial charge in [-0.15, -0.1) is 0 Å². The number of hydrogen-bond acceptors (Lipinski definition) is 3. The summed E-state index contributed by atoms with van der Waals surface area (Å²) < 4.78 is 53.7. The van der Waals surface area contributed by atoms with Gasteiger partial charge in [-0.25, -0.2) is 17.8 Å². The van der Waals surface area contributed by atoms with Crippen molar-refractivity contribution in [1.29, 1.82) is 0 Å². The van der Waals surface area contributed by atoms with E-state index in [-0.39, 0.29) is 24.2 Å². The molecule has 0 radical (unpaired) electrons. The molecule has 2 rings (SSSR count). The summed E-state index contributed by atoms with van der Waals surface area (Å²) in [5, 5.41) is 0. The fraction of sp³-hybridized carbons (Fsp3) is 0.188. The molecule has 0 saturated heterocycles. The molecular formula is C16H15F2NO4S. The van der Waals surface area contributed by atoms with Crippen molar-refractivity contribution in [3.05, 3.63) is 70.8 Å². The van der Waals surface area contributed by atoms with Crippen molar-refractivity contribution in [2.75, 3.05) is 7.11 Å². The minimum Gasteiger partial charge on any atom is -0.465 e. The number of esters is 1. The van der Waals surface area contributed by atoms with E-state index in [1.165, 1.54) is 37.4 Å². The lowest BCUT2D eigenvalue weighted by Crippen LogP contribution is -2.25. The summed E-state index contributed by atoms with van der Waals surface area (Å²) in [6.07, 6.45) is 0. The summed E-state index contributed by atoms with van der Waals surface area (Å²) in [6, 6.07) is 9.28. The third-order valence-electron chi connectivity index (χ3n) is 3.29. The van der Waals surface area contributed by atoms with Gasteiger partial charge in [0.2, 0.25) is 11.3 Å². The lowest BCUT2D eigenvalue weighted by molar-refractivity contribution is 0.0600. The fourth-order valence-electron chi connectivity index (χ4n) is 2.12. The normalized spacial score (nSPS) is 12.2. The van der Waals surface area contributed by atoms with Crippen molar-refractivity contribution in [2.45, 2.75) is 13.1 Å². The number of hydrogen-bond donors (Lipinski definition) is 1. The molecule has 0 saturated carbocycles. The van der Waals surface area contributed by atoms with Crippen LogP contribution in [0.2, 0.25) is 0 Å². The van der Waals surface area contributed by atoms with Gasteiger partial charge in [0.25, 0.3) is 0 Å². The van der Waals surface area contributed by atoms with E-state index >= 15 is 0 Å². The van der Waals surface area contributed by atoms with Crippen LogP contribution in [0.3, 0.4) is 0 Å². The molecular weight excluding hydrogens is 340 g/mol. The standard InChI is InChI=1S/C16H15F2NO4S/c1-23-16(20)12-5-6-13(15(18)8-12)10-19(24(21)22)9-11-3-2-4-14(17)7-11/h2-8H,9-10H2,1H3,(H,21,22). The third kappa shape index (κ3) is 4.67. The molecule has 0 aliphatic carbocycles. The Labute approximate surface area is 140 Å². The lowest BCUT2D eigenvalue weighted by Gasteiger charge is -2.18. The van der Waals surface area contributed by atoms with E-state index in [1.807, 2.05) is 0 Å². The van der Waals surface area contributed by atoms with Crippen molar-refractivity contribution < 1.29 is 27.1 Å². The van der Waals surface area contributed by atoms with Crippen molar-refractivity contribution in [3.8, 4) is 0 Å². The van der Waals surface area contributed by atoms with Crippen LogP contribution in [0, 0.1) is 11.6 Å². The van der Waals surface area contributed by atoms with Crippen molar-refractivity contribution in [3.63, 3.8) is 0 Å². The number of rotatable bonds is 6. The van der Waals surface area contributed by atoms with Gasteiger partial charge in [0.05, 0.1) is 12.7 Å². The van der Waals surface area contributed by atoms with Crippen LogP contribution in [0.4, 0.5) is 8.78 Å². The average Bonchev–Trinajstić information content (AvgIpc) is 2.55. The van der Waals surface area contributed by atoms with Gasteiger partial charge in [0.15, 0.2) is 0 Å². The number of nitrogens with zero attached hydrogens (tertiary/aromatic N) is 1. The number of methoxy groups -OCH3 is 1. The Kier molecular flexibility index (Phi) is 6.13. The highest BCUT2D eigenvalue weighted by atomic mass is 32.2. The summed E-state index contributed by atoms with van der Waals surface area (Å²) in [4.78, 5) is 11.4. The van der Waals surface area contributed by atoms with E-state index < -0.39 is 28.9 Å². The maximum atomic E-state index is 14.1. The van der Waals surface area contributed by atoms with Gasteiger partial charge in [-0.2, -0.15) is 4.31 Å². The first-order valence-electron chi connectivity index (χ1n) is 6.88. The molecule has 2 aromatic carbocycles. The molecule has 24 heavy (non-hydrogen) atoms. The SMILES string of the molecule is COC(=O)c1ccc(CN(Cc2cccc(F)c2)S(=O)O)c(F)c1. The summed E-state index contributed by atoms with van der Waals surface area (Å²) in [5.74, 6) is -1.85. The first-order valence-corrected chi connectivity index (χ1v) is 7.94. The van der Waals surface area contributed by atoms with Crippen LogP contribution in [0.1, 0.15) is 21.5 Å². The molecule has 128 valence electrons. The molecule has 1 N–H and O–H groups in total. The van der Waals surface area contributed by atoms with Crippen LogP contribution >= 0.6 is 0 Å². The van der Waals surface area contributed by atoms with E-state index in [0.717, 1.165) is 10.4 Å². The second-order valence-electron chi connectivity index (χ2n) is 4.96. The van der Waals surface area contributed by atoms with Crippen LogP contribution in [0.5, 0.6) is 0 Å². The minimum atomic E-state index is -2.38. The molecule has 0 bridgehead atoms. The summed E-state index contributed by atoms with van der Waals surface area (Å²) >= 11 is -2.38.